The van der Waals surface area contributed by atoms with Crippen LogP contribution in [0.1, 0.15) is 74.7 Å². The molecule has 0 aromatic heterocycles. The molecule has 1 aliphatic heterocycles. The van der Waals surface area contributed by atoms with Crippen molar-refractivity contribution in [3.05, 3.63) is 35.4 Å². The number of urea groups is 1. The standard InChI is InChI=1S/C22H30N2O3/c1-3-5-6-17-7-9-18(10-8-17)19(25)15-24-20(26)22(23-21(24)27)13-11-16(4-2)12-14-22/h7-10,16H,3-6,11-15H2,1-2H3,(H,23,27). The number of hydrogen-bond donors (Lipinski definition) is 1. The Morgan fingerprint density at radius 2 is 1.81 bits per heavy atom. The van der Waals surface area contributed by atoms with Crippen molar-refractivity contribution in [3.63, 3.8) is 0 Å². The maximum Gasteiger partial charge on any atom is 0.325 e. The minimum atomic E-state index is -0.785. The van der Waals surface area contributed by atoms with Gasteiger partial charge in [0, 0.05) is 5.56 Å². The lowest BCUT2D eigenvalue weighted by molar-refractivity contribution is -0.132. The molecule has 3 rings (SSSR count). The lowest BCUT2D eigenvalue weighted by atomic mass is 9.75. The van der Waals surface area contributed by atoms with Crippen LogP contribution < -0.4 is 5.32 Å². The van der Waals surface area contributed by atoms with Crippen molar-refractivity contribution >= 4 is 17.7 Å². The predicted molar refractivity (Wildman–Crippen MR) is 105 cm³/mol. The second kappa shape index (κ2) is 8.24. The summed E-state index contributed by atoms with van der Waals surface area (Å²) in [7, 11) is 0. The topological polar surface area (TPSA) is 66.5 Å². The van der Waals surface area contributed by atoms with Crippen molar-refractivity contribution in [2.45, 2.75) is 70.8 Å². The second-order valence-corrected chi connectivity index (χ2v) is 7.98. The highest BCUT2D eigenvalue weighted by molar-refractivity contribution is 6.11. The molecule has 0 bridgehead atoms. The second-order valence-electron chi connectivity index (χ2n) is 7.98. The molecule has 27 heavy (non-hydrogen) atoms. The van der Waals surface area contributed by atoms with E-state index in [1.54, 1.807) is 12.1 Å². The van der Waals surface area contributed by atoms with Crippen LogP contribution in [0, 0.1) is 5.92 Å². The van der Waals surface area contributed by atoms with Crippen molar-refractivity contribution in [2.24, 2.45) is 5.92 Å². The molecule has 3 amide bonds. The SMILES string of the molecule is CCCCc1ccc(C(=O)CN2C(=O)NC3(CCC(CC)CC3)C2=O)cc1. The molecule has 1 saturated heterocycles. The van der Waals surface area contributed by atoms with Crippen LogP contribution in [-0.2, 0) is 11.2 Å². The van der Waals surface area contributed by atoms with E-state index in [2.05, 4.69) is 19.2 Å². The van der Waals surface area contributed by atoms with Crippen molar-refractivity contribution < 1.29 is 14.4 Å². The molecule has 5 heteroatoms. The number of unbranched alkanes of at least 4 members (excludes halogenated alkanes) is 1. The monoisotopic (exact) mass is 370 g/mol. The van der Waals surface area contributed by atoms with E-state index in [9.17, 15) is 14.4 Å². The fraction of sp³-hybridized carbons (Fsp3) is 0.591. The molecule has 1 spiro atoms. The third-order valence-corrected chi connectivity index (χ3v) is 6.18. The first-order valence-electron chi connectivity index (χ1n) is 10.3. The number of amides is 3. The number of nitrogens with one attached hydrogen (secondary N) is 1. The van der Waals surface area contributed by atoms with E-state index in [1.807, 2.05) is 12.1 Å². The summed E-state index contributed by atoms with van der Waals surface area (Å²) < 4.78 is 0. The number of nitrogens with zero attached hydrogens (tertiary/aromatic N) is 1. The van der Waals surface area contributed by atoms with Crippen LogP contribution in [-0.4, -0.2) is 34.7 Å². The van der Waals surface area contributed by atoms with Gasteiger partial charge < -0.3 is 5.32 Å². The van der Waals surface area contributed by atoms with E-state index < -0.39 is 11.6 Å². The highest BCUT2D eigenvalue weighted by Gasteiger charge is 2.52. The van der Waals surface area contributed by atoms with Crippen LogP contribution in [0.4, 0.5) is 4.79 Å². The van der Waals surface area contributed by atoms with Crippen LogP contribution >= 0.6 is 0 Å². The Labute approximate surface area is 161 Å². The zero-order valence-corrected chi connectivity index (χ0v) is 16.4. The summed E-state index contributed by atoms with van der Waals surface area (Å²) in [5.41, 5.74) is 0.967. The molecule has 0 atom stereocenters. The Morgan fingerprint density at radius 1 is 1.15 bits per heavy atom. The van der Waals surface area contributed by atoms with Crippen molar-refractivity contribution in [1.82, 2.24) is 10.2 Å². The fourth-order valence-corrected chi connectivity index (χ4v) is 4.21. The summed E-state index contributed by atoms with van der Waals surface area (Å²) in [6.45, 7) is 4.13. The van der Waals surface area contributed by atoms with Crippen LogP contribution in [0.25, 0.3) is 0 Å². The zero-order chi connectivity index (χ0) is 19.4. The molecule has 1 aliphatic carbocycles. The van der Waals surface area contributed by atoms with Crippen LogP contribution in [0.2, 0.25) is 0 Å². The largest absolute Gasteiger partial charge is 0.325 e. The molecule has 146 valence electrons. The first kappa shape index (κ1) is 19.6. The van der Waals surface area contributed by atoms with Crippen molar-refractivity contribution in [2.75, 3.05) is 6.54 Å². The molecule has 1 aromatic carbocycles. The molecule has 1 N–H and O–H groups in total. The maximum absolute atomic E-state index is 12.9. The zero-order valence-electron chi connectivity index (χ0n) is 16.4. The van der Waals surface area contributed by atoms with Gasteiger partial charge in [-0.15, -0.1) is 0 Å². The molecule has 0 unspecified atom stereocenters. The molecule has 5 nitrogen and oxygen atoms in total. The number of rotatable bonds is 7. The lowest BCUT2D eigenvalue weighted by Crippen LogP contribution is -2.49. The average molecular weight is 370 g/mol. The molecular weight excluding hydrogens is 340 g/mol. The van der Waals surface area contributed by atoms with E-state index in [-0.39, 0.29) is 18.2 Å². The summed E-state index contributed by atoms with van der Waals surface area (Å²) in [4.78, 5) is 39.0. The number of aryl methyl sites for hydroxylation is 1. The van der Waals surface area contributed by atoms with Gasteiger partial charge >= 0.3 is 6.03 Å². The van der Waals surface area contributed by atoms with E-state index in [0.29, 0.717) is 24.3 Å². The van der Waals surface area contributed by atoms with E-state index in [4.69, 9.17) is 0 Å². The van der Waals surface area contributed by atoms with Gasteiger partial charge in [-0.2, -0.15) is 0 Å². The number of carbonyl (C=O) groups is 3. The van der Waals surface area contributed by atoms with Crippen LogP contribution in [0.15, 0.2) is 24.3 Å². The van der Waals surface area contributed by atoms with Gasteiger partial charge in [0.1, 0.15) is 5.54 Å². The average Bonchev–Trinajstić information content (AvgIpc) is 2.91. The van der Waals surface area contributed by atoms with Crippen LogP contribution in [0.5, 0.6) is 0 Å². The fourth-order valence-electron chi connectivity index (χ4n) is 4.21. The molecule has 0 radical (unpaired) electrons. The molecule has 1 heterocycles. The Hall–Kier alpha value is -2.17. The third-order valence-electron chi connectivity index (χ3n) is 6.18. The smallest absolute Gasteiger partial charge is 0.323 e. The van der Waals surface area contributed by atoms with E-state index in [1.165, 1.54) is 5.56 Å². The third kappa shape index (κ3) is 4.07. The summed E-state index contributed by atoms with van der Waals surface area (Å²) in [6.07, 6.45) is 7.60. The number of imide groups is 1. The summed E-state index contributed by atoms with van der Waals surface area (Å²) in [6, 6.07) is 7.09. The molecule has 1 aromatic rings. The van der Waals surface area contributed by atoms with E-state index >= 15 is 0 Å². The molecule has 2 fully saturated rings. The van der Waals surface area contributed by atoms with Gasteiger partial charge in [-0.1, -0.05) is 51.0 Å². The van der Waals surface area contributed by atoms with Crippen LogP contribution in [0.3, 0.4) is 0 Å². The van der Waals surface area contributed by atoms with Gasteiger partial charge in [-0.3, -0.25) is 14.5 Å². The highest BCUT2D eigenvalue weighted by Crippen LogP contribution is 2.37. The Bertz CT molecular complexity index is 703. The number of ketones is 1. The molecule has 2 aliphatic rings. The number of carbonyl (C=O) groups excluding carboxylic acids is 3. The predicted octanol–water partition coefficient (Wildman–Crippen LogP) is 4.10. The number of Topliss-reactive ketones (excluding diaryl/α,β-unsaturated/α-hetero) is 1. The Balaban J connectivity index is 1.64. The van der Waals surface area contributed by atoms with Gasteiger partial charge in [0.25, 0.3) is 5.91 Å². The van der Waals surface area contributed by atoms with Crippen molar-refractivity contribution in [1.29, 1.82) is 0 Å². The number of hydrogen-bond acceptors (Lipinski definition) is 3. The number of benzene rings is 1. The first-order valence-corrected chi connectivity index (χ1v) is 10.3. The molecular formula is C22H30N2O3. The van der Waals surface area contributed by atoms with Gasteiger partial charge in [0.15, 0.2) is 5.78 Å². The maximum atomic E-state index is 12.9. The summed E-state index contributed by atoms with van der Waals surface area (Å²) >= 11 is 0. The summed E-state index contributed by atoms with van der Waals surface area (Å²) in [5, 5.41) is 2.89. The van der Waals surface area contributed by atoms with Gasteiger partial charge in [0.2, 0.25) is 0 Å². The normalized spacial score (nSPS) is 25.1. The minimum absolute atomic E-state index is 0.183. The highest BCUT2D eigenvalue weighted by atomic mass is 16.2. The van der Waals surface area contributed by atoms with E-state index in [0.717, 1.165) is 43.4 Å². The molecule has 1 saturated carbocycles. The van der Waals surface area contributed by atoms with Gasteiger partial charge in [-0.05, 0) is 50.0 Å². The minimum Gasteiger partial charge on any atom is -0.323 e. The van der Waals surface area contributed by atoms with Gasteiger partial charge in [0.05, 0.1) is 6.54 Å². The first-order chi connectivity index (χ1) is 13.0. The van der Waals surface area contributed by atoms with Gasteiger partial charge in [-0.25, -0.2) is 4.79 Å². The van der Waals surface area contributed by atoms with Crippen molar-refractivity contribution in [3.8, 4) is 0 Å². The quantitative estimate of drug-likeness (QED) is 0.580. The Morgan fingerprint density at radius 3 is 2.41 bits per heavy atom. The lowest BCUT2D eigenvalue weighted by Gasteiger charge is -2.34. The summed E-state index contributed by atoms with van der Waals surface area (Å²) in [5.74, 6) is 0.206. The Kier molecular flexibility index (Phi) is 5.98.